The Kier molecular flexibility index (Phi) is 3.65. The van der Waals surface area contributed by atoms with Gasteiger partial charge in [-0.3, -0.25) is 4.79 Å². The van der Waals surface area contributed by atoms with Crippen molar-refractivity contribution < 1.29 is 9.21 Å². The summed E-state index contributed by atoms with van der Waals surface area (Å²) in [5.74, 6) is 0.678. The minimum Gasteiger partial charge on any atom is -0.431 e. The molecule has 1 amide bonds. The number of amides is 1. The number of nitrogens with zero attached hydrogens (tertiary/aromatic N) is 1. The fourth-order valence-electron chi connectivity index (χ4n) is 3.74. The maximum Gasteiger partial charge on any atom is 0.289 e. The lowest BCUT2D eigenvalue weighted by Crippen LogP contribution is -2.48. The van der Waals surface area contributed by atoms with Crippen molar-refractivity contribution >= 4 is 5.91 Å². The van der Waals surface area contributed by atoms with Crippen molar-refractivity contribution in [2.24, 2.45) is 0 Å². The zero-order valence-electron chi connectivity index (χ0n) is 13.2. The average Bonchev–Trinajstić information content (AvgIpc) is 3.11. The summed E-state index contributed by atoms with van der Waals surface area (Å²) in [7, 11) is 0. The first-order valence-electron chi connectivity index (χ1n) is 8.29. The molecule has 0 aliphatic carbocycles. The second-order valence-electron chi connectivity index (χ2n) is 6.58. The van der Waals surface area contributed by atoms with Crippen LogP contribution in [0.15, 0.2) is 34.7 Å². The molecule has 3 heterocycles. The highest BCUT2D eigenvalue weighted by molar-refractivity contribution is 5.93. The molecule has 0 spiro atoms. The SMILES string of the molecule is Cc1nc(-c2ccccc2)oc1C(=O)NC1CC2CCC(C1)N2. The summed E-state index contributed by atoms with van der Waals surface area (Å²) in [5.41, 5.74) is 1.52. The standard InChI is InChI=1S/C18H21N3O2/c1-11-16(23-18(19-11)12-5-3-2-4-6-12)17(22)21-15-9-13-7-8-14(10-15)20-13/h2-6,13-15,20H,7-10H2,1H3,(H,21,22). The number of aromatic nitrogens is 1. The van der Waals surface area contributed by atoms with E-state index < -0.39 is 0 Å². The summed E-state index contributed by atoms with van der Waals surface area (Å²) in [6, 6.07) is 11.0. The summed E-state index contributed by atoms with van der Waals surface area (Å²) in [5, 5.41) is 6.71. The fraction of sp³-hybridized carbons (Fsp3) is 0.444. The Hall–Kier alpha value is -2.14. The van der Waals surface area contributed by atoms with Crippen LogP contribution in [0.1, 0.15) is 41.9 Å². The van der Waals surface area contributed by atoms with E-state index in [0.29, 0.717) is 29.4 Å². The third-order valence-electron chi connectivity index (χ3n) is 4.83. The minimum atomic E-state index is -0.150. The fourth-order valence-corrected chi connectivity index (χ4v) is 3.74. The minimum absolute atomic E-state index is 0.150. The predicted molar refractivity (Wildman–Crippen MR) is 87.1 cm³/mol. The van der Waals surface area contributed by atoms with Crippen LogP contribution in [0.5, 0.6) is 0 Å². The lowest BCUT2D eigenvalue weighted by atomic mass is 10.00. The van der Waals surface area contributed by atoms with Crippen molar-refractivity contribution in [1.29, 1.82) is 0 Å². The van der Waals surface area contributed by atoms with Gasteiger partial charge in [0.1, 0.15) is 0 Å². The molecule has 1 aromatic heterocycles. The highest BCUT2D eigenvalue weighted by atomic mass is 16.4. The smallest absolute Gasteiger partial charge is 0.289 e. The van der Waals surface area contributed by atoms with E-state index in [4.69, 9.17) is 4.42 Å². The molecule has 4 rings (SSSR count). The molecule has 2 aliphatic heterocycles. The molecule has 2 aromatic rings. The maximum atomic E-state index is 12.5. The molecule has 2 bridgehead atoms. The molecule has 2 N–H and O–H groups in total. The number of fused-ring (bicyclic) bond motifs is 2. The predicted octanol–water partition coefficient (Wildman–Crippen LogP) is 2.66. The monoisotopic (exact) mass is 311 g/mol. The number of nitrogens with one attached hydrogen (secondary N) is 2. The molecular weight excluding hydrogens is 290 g/mol. The Morgan fingerprint density at radius 3 is 2.61 bits per heavy atom. The van der Waals surface area contributed by atoms with Crippen molar-refractivity contribution in [3.63, 3.8) is 0 Å². The van der Waals surface area contributed by atoms with Crippen LogP contribution in [0, 0.1) is 6.92 Å². The zero-order chi connectivity index (χ0) is 15.8. The van der Waals surface area contributed by atoms with E-state index in [9.17, 15) is 4.79 Å². The van der Waals surface area contributed by atoms with Crippen molar-refractivity contribution in [3.05, 3.63) is 41.8 Å². The zero-order valence-corrected chi connectivity index (χ0v) is 13.2. The van der Waals surface area contributed by atoms with Gasteiger partial charge in [0.15, 0.2) is 0 Å². The van der Waals surface area contributed by atoms with Crippen molar-refractivity contribution in [2.75, 3.05) is 0 Å². The van der Waals surface area contributed by atoms with Crippen LogP contribution in [-0.2, 0) is 0 Å². The number of carbonyl (C=O) groups excluding carboxylic acids is 1. The van der Waals surface area contributed by atoms with E-state index in [1.807, 2.05) is 37.3 Å². The first-order chi connectivity index (χ1) is 11.2. The topological polar surface area (TPSA) is 67.2 Å². The normalized spacial score (nSPS) is 26.2. The third-order valence-corrected chi connectivity index (χ3v) is 4.83. The summed E-state index contributed by atoms with van der Waals surface area (Å²) in [6.45, 7) is 1.82. The van der Waals surface area contributed by atoms with Gasteiger partial charge in [-0.1, -0.05) is 18.2 Å². The van der Waals surface area contributed by atoms with Crippen LogP contribution < -0.4 is 10.6 Å². The molecule has 2 unspecified atom stereocenters. The Balaban J connectivity index is 1.49. The van der Waals surface area contributed by atoms with E-state index in [2.05, 4.69) is 15.6 Å². The van der Waals surface area contributed by atoms with Gasteiger partial charge in [0.25, 0.3) is 5.91 Å². The highest BCUT2D eigenvalue weighted by Gasteiger charge is 2.34. The van der Waals surface area contributed by atoms with Gasteiger partial charge in [-0.25, -0.2) is 4.98 Å². The van der Waals surface area contributed by atoms with Crippen molar-refractivity contribution in [3.8, 4) is 11.5 Å². The maximum absolute atomic E-state index is 12.5. The highest BCUT2D eigenvalue weighted by Crippen LogP contribution is 2.27. The molecule has 120 valence electrons. The second-order valence-corrected chi connectivity index (χ2v) is 6.58. The molecule has 2 fully saturated rings. The van der Waals surface area contributed by atoms with Crippen LogP contribution >= 0.6 is 0 Å². The average molecular weight is 311 g/mol. The number of oxazole rings is 1. The lowest BCUT2D eigenvalue weighted by Gasteiger charge is -2.29. The van der Waals surface area contributed by atoms with Gasteiger partial charge >= 0.3 is 0 Å². The molecule has 2 atom stereocenters. The molecule has 23 heavy (non-hydrogen) atoms. The van der Waals surface area contributed by atoms with Crippen LogP contribution in [0.25, 0.3) is 11.5 Å². The van der Waals surface area contributed by atoms with Gasteiger partial charge in [0, 0.05) is 23.7 Å². The number of piperidine rings is 1. The Bertz CT molecular complexity index is 698. The Labute approximate surface area is 135 Å². The van der Waals surface area contributed by atoms with Gasteiger partial charge in [-0.15, -0.1) is 0 Å². The van der Waals surface area contributed by atoms with E-state index in [0.717, 1.165) is 18.4 Å². The quantitative estimate of drug-likeness (QED) is 0.914. The van der Waals surface area contributed by atoms with Crippen molar-refractivity contribution in [1.82, 2.24) is 15.6 Å². The van der Waals surface area contributed by atoms with Crippen LogP contribution in [0.4, 0.5) is 0 Å². The molecule has 2 aliphatic rings. The van der Waals surface area contributed by atoms with E-state index >= 15 is 0 Å². The van der Waals surface area contributed by atoms with Gasteiger partial charge in [-0.05, 0) is 44.7 Å². The summed E-state index contributed by atoms with van der Waals surface area (Å²) < 4.78 is 5.73. The lowest BCUT2D eigenvalue weighted by molar-refractivity contribution is 0.0895. The largest absolute Gasteiger partial charge is 0.431 e. The van der Waals surface area contributed by atoms with Gasteiger partial charge in [-0.2, -0.15) is 0 Å². The van der Waals surface area contributed by atoms with Gasteiger partial charge in [0.2, 0.25) is 11.7 Å². The first-order valence-corrected chi connectivity index (χ1v) is 8.29. The summed E-state index contributed by atoms with van der Waals surface area (Å²) >= 11 is 0. The van der Waals surface area contributed by atoms with E-state index in [-0.39, 0.29) is 11.9 Å². The summed E-state index contributed by atoms with van der Waals surface area (Å²) in [4.78, 5) is 16.9. The number of benzene rings is 1. The summed E-state index contributed by atoms with van der Waals surface area (Å²) in [6.07, 6.45) is 4.44. The van der Waals surface area contributed by atoms with Crippen LogP contribution in [0.2, 0.25) is 0 Å². The molecule has 2 saturated heterocycles. The Morgan fingerprint density at radius 1 is 1.22 bits per heavy atom. The second kappa shape index (κ2) is 5.81. The number of aryl methyl sites for hydroxylation is 1. The molecule has 0 saturated carbocycles. The Morgan fingerprint density at radius 2 is 1.91 bits per heavy atom. The molecule has 1 aromatic carbocycles. The van der Waals surface area contributed by atoms with Crippen LogP contribution in [-0.4, -0.2) is 29.0 Å². The van der Waals surface area contributed by atoms with Crippen LogP contribution in [0.3, 0.4) is 0 Å². The van der Waals surface area contributed by atoms with Crippen molar-refractivity contribution in [2.45, 2.75) is 50.7 Å². The number of hydrogen-bond donors (Lipinski definition) is 2. The van der Waals surface area contributed by atoms with Gasteiger partial charge < -0.3 is 15.1 Å². The number of rotatable bonds is 3. The third kappa shape index (κ3) is 2.88. The van der Waals surface area contributed by atoms with Gasteiger partial charge in [0.05, 0.1) is 5.69 Å². The number of carbonyl (C=O) groups is 1. The molecule has 0 radical (unpaired) electrons. The van der Waals surface area contributed by atoms with E-state index in [1.165, 1.54) is 12.8 Å². The number of hydrogen-bond acceptors (Lipinski definition) is 4. The molecular formula is C18H21N3O2. The van der Waals surface area contributed by atoms with E-state index in [1.54, 1.807) is 0 Å². The molecule has 5 nitrogen and oxygen atoms in total. The molecule has 5 heteroatoms. The first kappa shape index (κ1) is 14.5.